The van der Waals surface area contributed by atoms with Crippen LogP contribution in [0.4, 0.5) is 0 Å². The van der Waals surface area contributed by atoms with Gasteiger partial charge in [0.1, 0.15) is 5.72 Å². The minimum absolute atomic E-state index is 0.0707. The lowest BCUT2D eigenvalue weighted by Crippen LogP contribution is -2.41. The number of esters is 1. The van der Waals surface area contributed by atoms with Crippen molar-refractivity contribution in [2.45, 2.75) is 77.5 Å². The third-order valence-electron chi connectivity index (χ3n) is 5.52. The summed E-state index contributed by atoms with van der Waals surface area (Å²) in [5.74, 6) is 0.0947. The Morgan fingerprint density at radius 1 is 1.24 bits per heavy atom. The fourth-order valence-corrected chi connectivity index (χ4v) is 4.19. The molecule has 0 aliphatic heterocycles. The molecule has 1 aliphatic carbocycles. The maximum atomic E-state index is 12.6. The number of nitrogens with one attached hydrogen (secondary N) is 2. The Labute approximate surface area is 171 Å². The van der Waals surface area contributed by atoms with E-state index in [1.807, 2.05) is 6.07 Å². The van der Waals surface area contributed by atoms with E-state index >= 15 is 0 Å². The van der Waals surface area contributed by atoms with Crippen LogP contribution in [0, 0.1) is 5.92 Å². The SMILES string of the molecule is CCCC(NC(C)(C)O)c1ccc(OC(=O)C2CCCCC2)c2[nH]c(=O)ccc12. The van der Waals surface area contributed by atoms with E-state index in [2.05, 4.69) is 17.2 Å². The molecule has 1 saturated carbocycles. The lowest BCUT2D eigenvalue weighted by Gasteiger charge is -2.28. The summed E-state index contributed by atoms with van der Waals surface area (Å²) in [6.45, 7) is 5.50. The van der Waals surface area contributed by atoms with E-state index in [4.69, 9.17) is 4.74 Å². The van der Waals surface area contributed by atoms with E-state index in [9.17, 15) is 14.7 Å². The minimum atomic E-state index is -1.04. The van der Waals surface area contributed by atoms with Crippen LogP contribution in [-0.4, -0.2) is 21.8 Å². The van der Waals surface area contributed by atoms with Crippen LogP contribution in [0.15, 0.2) is 29.1 Å². The number of aromatic amines is 1. The Balaban J connectivity index is 1.98. The molecule has 6 heteroatoms. The molecule has 6 nitrogen and oxygen atoms in total. The zero-order valence-corrected chi connectivity index (χ0v) is 17.6. The normalized spacial score (nSPS) is 16.7. The molecule has 2 aromatic rings. The Kier molecular flexibility index (Phi) is 6.75. The highest BCUT2D eigenvalue weighted by atomic mass is 16.5. The van der Waals surface area contributed by atoms with Gasteiger partial charge in [0.2, 0.25) is 5.56 Å². The average Bonchev–Trinajstić information content (AvgIpc) is 2.67. The molecule has 0 amide bonds. The second kappa shape index (κ2) is 9.09. The van der Waals surface area contributed by atoms with Crippen molar-refractivity contribution >= 4 is 16.9 Å². The largest absolute Gasteiger partial charge is 0.424 e. The van der Waals surface area contributed by atoms with E-state index in [0.717, 1.165) is 49.5 Å². The lowest BCUT2D eigenvalue weighted by atomic mass is 9.89. The highest BCUT2D eigenvalue weighted by Crippen LogP contribution is 2.33. The van der Waals surface area contributed by atoms with Crippen molar-refractivity contribution in [1.29, 1.82) is 0 Å². The molecule has 3 N–H and O–H groups in total. The van der Waals surface area contributed by atoms with Crippen LogP contribution in [0.25, 0.3) is 10.9 Å². The number of H-pyrrole nitrogens is 1. The molecular formula is C23H32N2O4. The second-order valence-corrected chi connectivity index (χ2v) is 8.56. The molecule has 0 saturated heterocycles. The maximum absolute atomic E-state index is 12.6. The first kappa shape index (κ1) is 21.5. The number of fused-ring (bicyclic) bond motifs is 1. The summed E-state index contributed by atoms with van der Waals surface area (Å²) >= 11 is 0. The van der Waals surface area contributed by atoms with E-state index in [1.165, 1.54) is 12.5 Å². The number of ether oxygens (including phenoxy) is 1. The molecule has 1 aromatic carbocycles. The third kappa shape index (κ3) is 5.46. The standard InChI is InChI=1S/C23H32N2O4/c1-4-8-18(25-23(2,3)28)16-11-13-19(21-17(16)12-14-20(26)24-21)29-22(27)15-9-6-5-7-10-15/h11-15,18,25,28H,4-10H2,1-3H3,(H,24,26). The number of rotatable bonds is 7. The molecule has 1 aliphatic rings. The van der Waals surface area contributed by atoms with Gasteiger partial charge in [0.05, 0.1) is 11.4 Å². The maximum Gasteiger partial charge on any atom is 0.314 e. The molecule has 1 fully saturated rings. The van der Waals surface area contributed by atoms with Crippen LogP contribution in [0.3, 0.4) is 0 Å². The van der Waals surface area contributed by atoms with Crippen molar-refractivity contribution in [3.8, 4) is 5.75 Å². The Morgan fingerprint density at radius 2 is 1.97 bits per heavy atom. The second-order valence-electron chi connectivity index (χ2n) is 8.56. The van der Waals surface area contributed by atoms with Crippen molar-refractivity contribution in [3.63, 3.8) is 0 Å². The topological polar surface area (TPSA) is 91.4 Å². The van der Waals surface area contributed by atoms with Crippen LogP contribution in [0.1, 0.15) is 77.3 Å². The molecule has 158 valence electrons. The Bertz CT molecular complexity index is 907. The summed E-state index contributed by atoms with van der Waals surface area (Å²) < 4.78 is 5.74. The highest BCUT2D eigenvalue weighted by molar-refractivity contribution is 5.90. The summed E-state index contributed by atoms with van der Waals surface area (Å²) in [4.78, 5) is 27.5. The van der Waals surface area contributed by atoms with Crippen molar-refractivity contribution in [1.82, 2.24) is 10.3 Å². The first-order chi connectivity index (χ1) is 13.8. The predicted molar refractivity (Wildman–Crippen MR) is 114 cm³/mol. The van der Waals surface area contributed by atoms with Gasteiger partial charge in [0, 0.05) is 17.5 Å². The third-order valence-corrected chi connectivity index (χ3v) is 5.52. The first-order valence-electron chi connectivity index (χ1n) is 10.7. The van der Waals surface area contributed by atoms with Gasteiger partial charge < -0.3 is 14.8 Å². The summed E-state index contributed by atoms with van der Waals surface area (Å²) in [5.41, 5.74) is 0.197. The zero-order chi connectivity index (χ0) is 21.0. The van der Waals surface area contributed by atoms with E-state index in [-0.39, 0.29) is 23.5 Å². The van der Waals surface area contributed by atoms with Crippen LogP contribution in [0.2, 0.25) is 0 Å². The van der Waals surface area contributed by atoms with Gasteiger partial charge in [0.15, 0.2) is 5.75 Å². The number of benzene rings is 1. The van der Waals surface area contributed by atoms with Gasteiger partial charge in [-0.1, -0.05) is 38.7 Å². The fourth-order valence-electron chi connectivity index (χ4n) is 4.19. The van der Waals surface area contributed by atoms with E-state index in [0.29, 0.717) is 11.3 Å². The monoisotopic (exact) mass is 400 g/mol. The van der Waals surface area contributed by atoms with Crippen LogP contribution in [0.5, 0.6) is 5.75 Å². The number of aromatic nitrogens is 1. The van der Waals surface area contributed by atoms with Crippen LogP contribution < -0.4 is 15.6 Å². The highest BCUT2D eigenvalue weighted by Gasteiger charge is 2.26. The summed E-state index contributed by atoms with van der Waals surface area (Å²) in [6.07, 6.45) is 6.74. The lowest BCUT2D eigenvalue weighted by molar-refractivity contribution is -0.139. The van der Waals surface area contributed by atoms with Crippen molar-refractivity contribution in [3.05, 3.63) is 40.2 Å². The molecular weight excluding hydrogens is 368 g/mol. The van der Waals surface area contributed by atoms with Gasteiger partial charge in [-0.3, -0.25) is 14.9 Å². The minimum Gasteiger partial charge on any atom is -0.424 e. The molecule has 0 radical (unpaired) electrons. The summed E-state index contributed by atoms with van der Waals surface area (Å²) in [5, 5.41) is 14.3. The van der Waals surface area contributed by atoms with Gasteiger partial charge >= 0.3 is 5.97 Å². The predicted octanol–water partition coefficient (Wildman–Crippen LogP) is 4.17. The number of carbonyl (C=O) groups excluding carboxylic acids is 1. The summed E-state index contributed by atoms with van der Waals surface area (Å²) in [7, 11) is 0. The van der Waals surface area contributed by atoms with Gasteiger partial charge in [0.25, 0.3) is 0 Å². The van der Waals surface area contributed by atoms with Crippen molar-refractivity contribution < 1.29 is 14.6 Å². The molecule has 0 bridgehead atoms. The summed E-state index contributed by atoms with van der Waals surface area (Å²) in [6, 6.07) is 6.81. The van der Waals surface area contributed by atoms with E-state index < -0.39 is 5.72 Å². The van der Waals surface area contributed by atoms with Crippen molar-refractivity contribution in [2.24, 2.45) is 5.92 Å². The molecule has 3 rings (SSSR count). The zero-order valence-electron chi connectivity index (χ0n) is 17.6. The van der Waals surface area contributed by atoms with E-state index in [1.54, 1.807) is 26.0 Å². The van der Waals surface area contributed by atoms with Crippen molar-refractivity contribution in [2.75, 3.05) is 0 Å². The number of aliphatic hydroxyl groups is 1. The average molecular weight is 401 g/mol. The number of pyridine rings is 1. The number of hydrogen-bond donors (Lipinski definition) is 3. The molecule has 1 atom stereocenters. The van der Waals surface area contributed by atoms with Crippen LogP contribution >= 0.6 is 0 Å². The molecule has 1 heterocycles. The Hall–Kier alpha value is -2.18. The van der Waals surface area contributed by atoms with Gasteiger partial charge in [-0.05, 0) is 50.8 Å². The number of hydrogen-bond acceptors (Lipinski definition) is 5. The smallest absolute Gasteiger partial charge is 0.314 e. The van der Waals surface area contributed by atoms with Gasteiger partial charge in [-0.15, -0.1) is 0 Å². The first-order valence-corrected chi connectivity index (χ1v) is 10.7. The molecule has 29 heavy (non-hydrogen) atoms. The quantitative estimate of drug-likeness (QED) is 0.369. The van der Waals surface area contributed by atoms with Gasteiger partial charge in [-0.2, -0.15) is 0 Å². The Morgan fingerprint density at radius 3 is 2.62 bits per heavy atom. The van der Waals surface area contributed by atoms with Gasteiger partial charge in [-0.25, -0.2) is 0 Å². The number of carbonyl (C=O) groups is 1. The molecule has 1 aromatic heterocycles. The molecule has 0 spiro atoms. The fraction of sp³-hybridized carbons (Fsp3) is 0.565. The molecule has 1 unspecified atom stereocenters. The van der Waals surface area contributed by atoms with Crippen LogP contribution in [-0.2, 0) is 4.79 Å².